The van der Waals surface area contributed by atoms with Crippen LogP contribution in [0, 0.1) is 0 Å². The number of thiophene rings is 1. The fourth-order valence-electron chi connectivity index (χ4n) is 2.66. The summed E-state index contributed by atoms with van der Waals surface area (Å²) >= 11 is 1.76. The van der Waals surface area contributed by atoms with Gasteiger partial charge in [0.2, 0.25) is 0 Å². The Morgan fingerprint density at radius 1 is 1.44 bits per heavy atom. The summed E-state index contributed by atoms with van der Waals surface area (Å²) in [6.07, 6.45) is 0. The van der Waals surface area contributed by atoms with Gasteiger partial charge in [-0.05, 0) is 22.4 Å². The van der Waals surface area contributed by atoms with Crippen LogP contribution in [0.1, 0.15) is 5.56 Å². The first-order valence-corrected chi connectivity index (χ1v) is 7.47. The summed E-state index contributed by atoms with van der Waals surface area (Å²) < 4.78 is 11.7. The normalized spacial score (nSPS) is 30.4. The van der Waals surface area contributed by atoms with Crippen molar-refractivity contribution in [3.8, 4) is 0 Å². The molecule has 1 N–H and O–H groups in total. The molecule has 3 heterocycles. The quantitative estimate of drug-likeness (QED) is 0.865. The maximum atomic E-state index is 6.01. The van der Waals surface area contributed by atoms with Crippen LogP contribution in [-0.2, 0) is 16.0 Å². The molecule has 0 aliphatic carbocycles. The Hall–Kier alpha value is -0.460. The minimum Gasteiger partial charge on any atom is -0.377 e. The number of rotatable bonds is 2. The standard InChI is InChI=1S/C13H20N2O2S/c1-6-18-8-12(1)7-15-3-5-17-13(10-15)9-14-2-4-16-11-13/h1,6,8,14H,2-5,7,9-11H2/t13-/m0/s1. The second-order valence-corrected chi connectivity index (χ2v) is 5.88. The molecule has 0 unspecified atom stereocenters. The third-order valence-corrected chi connectivity index (χ3v) is 4.28. The largest absolute Gasteiger partial charge is 0.377 e. The fraction of sp³-hybridized carbons (Fsp3) is 0.692. The molecule has 2 aliphatic heterocycles. The van der Waals surface area contributed by atoms with E-state index in [1.807, 2.05) is 0 Å². The molecule has 3 rings (SSSR count). The molecule has 2 aliphatic rings. The lowest BCUT2D eigenvalue weighted by molar-refractivity contribution is -0.135. The molecule has 0 bridgehead atoms. The maximum absolute atomic E-state index is 6.01. The predicted octanol–water partition coefficient (Wildman–Crippen LogP) is 0.939. The number of hydrogen-bond acceptors (Lipinski definition) is 5. The van der Waals surface area contributed by atoms with Crippen molar-refractivity contribution < 1.29 is 9.47 Å². The van der Waals surface area contributed by atoms with Gasteiger partial charge in [-0.2, -0.15) is 11.3 Å². The molecular formula is C13H20N2O2S. The maximum Gasteiger partial charge on any atom is 0.116 e. The lowest BCUT2D eigenvalue weighted by Gasteiger charge is -2.41. The number of nitrogens with one attached hydrogen (secondary N) is 1. The molecule has 0 radical (unpaired) electrons. The average molecular weight is 268 g/mol. The summed E-state index contributed by atoms with van der Waals surface area (Å²) in [7, 11) is 0. The Balaban J connectivity index is 1.63. The first kappa shape index (κ1) is 12.6. The van der Waals surface area contributed by atoms with E-state index in [1.54, 1.807) is 11.3 Å². The van der Waals surface area contributed by atoms with Crippen LogP contribution in [0.5, 0.6) is 0 Å². The van der Waals surface area contributed by atoms with E-state index in [0.29, 0.717) is 6.61 Å². The van der Waals surface area contributed by atoms with Gasteiger partial charge < -0.3 is 14.8 Å². The summed E-state index contributed by atoms with van der Waals surface area (Å²) in [6.45, 7) is 7.11. The second-order valence-electron chi connectivity index (χ2n) is 5.10. The van der Waals surface area contributed by atoms with Crippen molar-refractivity contribution in [1.82, 2.24) is 10.2 Å². The molecule has 2 fully saturated rings. The van der Waals surface area contributed by atoms with Gasteiger partial charge in [0.15, 0.2) is 0 Å². The molecule has 2 saturated heterocycles. The van der Waals surface area contributed by atoms with E-state index in [4.69, 9.17) is 9.47 Å². The van der Waals surface area contributed by atoms with Crippen molar-refractivity contribution in [2.75, 3.05) is 46.0 Å². The third-order valence-electron chi connectivity index (χ3n) is 3.55. The molecule has 5 heteroatoms. The van der Waals surface area contributed by atoms with Crippen LogP contribution in [0.25, 0.3) is 0 Å². The average Bonchev–Trinajstić information content (AvgIpc) is 2.78. The smallest absolute Gasteiger partial charge is 0.116 e. The van der Waals surface area contributed by atoms with Gasteiger partial charge in [-0.1, -0.05) is 0 Å². The van der Waals surface area contributed by atoms with Gasteiger partial charge in [0.05, 0.1) is 19.8 Å². The molecule has 18 heavy (non-hydrogen) atoms. The Kier molecular flexibility index (Phi) is 3.96. The van der Waals surface area contributed by atoms with Gasteiger partial charge >= 0.3 is 0 Å². The zero-order valence-electron chi connectivity index (χ0n) is 10.6. The molecule has 0 saturated carbocycles. The first-order valence-electron chi connectivity index (χ1n) is 6.52. The van der Waals surface area contributed by atoms with Crippen LogP contribution in [0.3, 0.4) is 0 Å². The molecule has 1 aromatic heterocycles. The van der Waals surface area contributed by atoms with Crippen LogP contribution < -0.4 is 5.32 Å². The van der Waals surface area contributed by atoms with Crippen LogP contribution in [0.4, 0.5) is 0 Å². The van der Waals surface area contributed by atoms with Gasteiger partial charge in [0.25, 0.3) is 0 Å². The topological polar surface area (TPSA) is 33.7 Å². The Morgan fingerprint density at radius 3 is 3.33 bits per heavy atom. The molecule has 1 aromatic rings. The van der Waals surface area contributed by atoms with E-state index in [1.165, 1.54) is 5.56 Å². The van der Waals surface area contributed by atoms with E-state index in [0.717, 1.165) is 45.9 Å². The molecule has 1 atom stereocenters. The van der Waals surface area contributed by atoms with Crippen LogP contribution in [0.2, 0.25) is 0 Å². The van der Waals surface area contributed by atoms with Gasteiger partial charge in [0, 0.05) is 32.7 Å². The minimum absolute atomic E-state index is 0.148. The van der Waals surface area contributed by atoms with Crippen LogP contribution >= 0.6 is 11.3 Å². The summed E-state index contributed by atoms with van der Waals surface area (Å²) in [5.74, 6) is 0. The van der Waals surface area contributed by atoms with E-state index in [9.17, 15) is 0 Å². The predicted molar refractivity (Wildman–Crippen MR) is 72.0 cm³/mol. The Morgan fingerprint density at radius 2 is 2.44 bits per heavy atom. The summed E-state index contributed by atoms with van der Waals surface area (Å²) in [5.41, 5.74) is 1.25. The molecule has 4 nitrogen and oxygen atoms in total. The highest BCUT2D eigenvalue weighted by Crippen LogP contribution is 2.21. The zero-order valence-corrected chi connectivity index (χ0v) is 11.4. The number of morpholine rings is 1. The first-order chi connectivity index (χ1) is 8.86. The molecule has 100 valence electrons. The van der Waals surface area contributed by atoms with Gasteiger partial charge in [-0.25, -0.2) is 0 Å². The van der Waals surface area contributed by atoms with Crippen molar-refractivity contribution in [3.05, 3.63) is 22.4 Å². The number of ether oxygens (including phenoxy) is 2. The highest BCUT2D eigenvalue weighted by molar-refractivity contribution is 7.07. The van der Waals surface area contributed by atoms with Crippen molar-refractivity contribution in [2.24, 2.45) is 0 Å². The monoisotopic (exact) mass is 268 g/mol. The highest BCUT2D eigenvalue weighted by atomic mass is 32.1. The second kappa shape index (κ2) is 5.67. The summed E-state index contributed by atoms with van der Waals surface area (Å²) in [6, 6.07) is 2.20. The van der Waals surface area contributed by atoms with Gasteiger partial charge in [0.1, 0.15) is 5.60 Å². The van der Waals surface area contributed by atoms with Crippen molar-refractivity contribution in [3.63, 3.8) is 0 Å². The van der Waals surface area contributed by atoms with Crippen LogP contribution in [0.15, 0.2) is 16.8 Å². The van der Waals surface area contributed by atoms with Crippen molar-refractivity contribution >= 4 is 11.3 Å². The fourth-order valence-corrected chi connectivity index (χ4v) is 3.32. The zero-order chi connectivity index (χ0) is 12.3. The lowest BCUT2D eigenvalue weighted by Crippen LogP contribution is -2.57. The third kappa shape index (κ3) is 2.92. The summed E-state index contributed by atoms with van der Waals surface area (Å²) in [4.78, 5) is 2.47. The lowest BCUT2D eigenvalue weighted by atomic mass is 10.0. The molecular weight excluding hydrogens is 248 g/mol. The van der Waals surface area contributed by atoms with Gasteiger partial charge in [-0.15, -0.1) is 0 Å². The molecule has 0 aromatic carbocycles. The number of nitrogens with zero attached hydrogens (tertiary/aromatic N) is 1. The Labute approximate surface area is 112 Å². The van der Waals surface area contributed by atoms with Crippen molar-refractivity contribution in [2.45, 2.75) is 12.1 Å². The summed E-state index contributed by atoms with van der Waals surface area (Å²) in [5, 5.41) is 7.78. The van der Waals surface area contributed by atoms with E-state index in [-0.39, 0.29) is 5.60 Å². The Bertz CT molecular complexity index is 361. The number of hydrogen-bond donors (Lipinski definition) is 1. The van der Waals surface area contributed by atoms with E-state index >= 15 is 0 Å². The van der Waals surface area contributed by atoms with E-state index < -0.39 is 0 Å². The van der Waals surface area contributed by atoms with Crippen LogP contribution in [-0.4, -0.2) is 56.5 Å². The SMILES string of the molecule is c1cc(CN2CCO[C@@]3(CNCCOC3)C2)cs1. The van der Waals surface area contributed by atoms with Crippen molar-refractivity contribution in [1.29, 1.82) is 0 Å². The highest BCUT2D eigenvalue weighted by Gasteiger charge is 2.37. The minimum atomic E-state index is -0.148. The van der Waals surface area contributed by atoms with E-state index in [2.05, 4.69) is 27.0 Å². The van der Waals surface area contributed by atoms with Gasteiger partial charge in [-0.3, -0.25) is 4.90 Å². The molecule has 0 amide bonds. The molecule has 1 spiro atoms.